The molecule has 0 aliphatic carbocycles. The molecule has 0 amide bonds. The van der Waals surface area contributed by atoms with Gasteiger partial charge in [-0.1, -0.05) is 174 Å². The van der Waals surface area contributed by atoms with Crippen molar-refractivity contribution in [2.24, 2.45) is 0 Å². The van der Waals surface area contributed by atoms with Gasteiger partial charge in [0.05, 0.1) is 0 Å². The van der Waals surface area contributed by atoms with Crippen LogP contribution in [0.15, 0.2) is 12.3 Å². The molecule has 198 valence electrons. The lowest BCUT2D eigenvalue weighted by Gasteiger charge is -2.04. The average Bonchev–Trinajstić information content (AvgIpc) is 2.80. The van der Waals surface area contributed by atoms with Gasteiger partial charge in [-0.25, -0.2) is 0 Å². The largest absolute Gasteiger partial charge is 0.384 e. The summed E-state index contributed by atoms with van der Waals surface area (Å²) in [6.07, 6.45) is 43.9. The van der Waals surface area contributed by atoms with Crippen LogP contribution >= 0.6 is 0 Å². The second kappa shape index (κ2) is 29.6. The van der Waals surface area contributed by atoms with Crippen LogP contribution in [-0.4, -0.2) is 19.0 Å². The summed E-state index contributed by atoms with van der Waals surface area (Å²) in [6, 6.07) is 0. The molecule has 0 aromatic carbocycles. The first kappa shape index (κ1) is 32.5. The summed E-state index contributed by atoms with van der Waals surface area (Å²) in [7, 11) is 4.19. The van der Waals surface area contributed by atoms with E-state index in [0.29, 0.717) is 0 Å². The first-order valence-corrected chi connectivity index (χ1v) is 15.6. The molecule has 0 saturated heterocycles. The van der Waals surface area contributed by atoms with Gasteiger partial charge in [-0.2, -0.15) is 0 Å². The smallest absolute Gasteiger partial charge is 0.00555 e. The predicted molar refractivity (Wildman–Crippen MR) is 153 cm³/mol. The van der Waals surface area contributed by atoms with Crippen molar-refractivity contribution in [3.8, 4) is 0 Å². The minimum Gasteiger partial charge on any atom is -0.384 e. The van der Waals surface area contributed by atoms with E-state index in [1.54, 1.807) is 0 Å². The zero-order valence-corrected chi connectivity index (χ0v) is 23.7. The van der Waals surface area contributed by atoms with Gasteiger partial charge >= 0.3 is 0 Å². The van der Waals surface area contributed by atoms with Crippen LogP contribution in [-0.2, 0) is 0 Å². The van der Waals surface area contributed by atoms with E-state index in [9.17, 15) is 0 Å². The van der Waals surface area contributed by atoms with E-state index < -0.39 is 0 Å². The molecular formula is C32H65N. The fourth-order valence-corrected chi connectivity index (χ4v) is 4.86. The Kier molecular flexibility index (Phi) is 29.2. The maximum Gasteiger partial charge on any atom is 0.00555 e. The van der Waals surface area contributed by atoms with E-state index in [1.165, 1.54) is 173 Å². The van der Waals surface area contributed by atoms with Crippen molar-refractivity contribution < 1.29 is 0 Å². The maximum absolute atomic E-state index is 2.30. The molecule has 1 heteroatoms. The SMILES string of the molecule is CCCCCCCCCCCCCCCCCCCCCCCCCCCC/C=C/N(C)C. The van der Waals surface area contributed by atoms with E-state index in [4.69, 9.17) is 0 Å². The third-order valence-corrected chi connectivity index (χ3v) is 7.13. The van der Waals surface area contributed by atoms with Gasteiger partial charge in [-0.05, 0) is 19.0 Å². The molecule has 0 aromatic heterocycles. The summed E-state index contributed by atoms with van der Waals surface area (Å²) < 4.78 is 0. The first-order valence-electron chi connectivity index (χ1n) is 15.6. The molecule has 0 atom stereocenters. The maximum atomic E-state index is 2.30. The van der Waals surface area contributed by atoms with Crippen LogP contribution in [0.1, 0.15) is 180 Å². The van der Waals surface area contributed by atoms with Crippen molar-refractivity contribution in [1.82, 2.24) is 4.90 Å². The molecule has 0 aliphatic rings. The van der Waals surface area contributed by atoms with Crippen molar-refractivity contribution in [3.63, 3.8) is 0 Å². The van der Waals surface area contributed by atoms with Gasteiger partial charge in [0.1, 0.15) is 0 Å². The zero-order chi connectivity index (χ0) is 24.1. The van der Waals surface area contributed by atoms with E-state index in [1.807, 2.05) is 0 Å². The minimum absolute atomic E-state index is 1.25. The molecule has 0 bridgehead atoms. The molecule has 33 heavy (non-hydrogen) atoms. The van der Waals surface area contributed by atoms with Crippen LogP contribution in [0.5, 0.6) is 0 Å². The van der Waals surface area contributed by atoms with Gasteiger partial charge in [-0.3, -0.25) is 0 Å². The van der Waals surface area contributed by atoms with Gasteiger partial charge in [0.25, 0.3) is 0 Å². The third kappa shape index (κ3) is 31.5. The third-order valence-electron chi connectivity index (χ3n) is 7.13. The Morgan fingerprint density at radius 1 is 0.364 bits per heavy atom. The molecule has 0 saturated carbocycles. The Morgan fingerprint density at radius 2 is 0.606 bits per heavy atom. The fraction of sp³-hybridized carbons (Fsp3) is 0.938. The lowest BCUT2D eigenvalue weighted by molar-refractivity contribution is 0.515. The highest BCUT2D eigenvalue weighted by molar-refractivity contribution is 4.78. The van der Waals surface area contributed by atoms with Crippen LogP contribution in [0.3, 0.4) is 0 Å². The molecule has 0 unspecified atom stereocenters. The highest BCUT2D eigenvalue weighted by Crippen LogP contribution is 2.16. The highest BCUT2D eigenvalue weighted by atomic mass is 15.0. The van der Waals surface area contributed by atoms with Crippen LogP contribution in [0.25, 0.3) is 0 Å². The van der Waals surface area contributed by atoms with Crippen molar-refractivity contribution >= 4 is 0 Å². The molecule has 0 fully saturated rings. The standard InChI is InChI=1S/C32H65N/c1-4-5-6-7-8-9-10-11-12-13-14-15-16-17-18-19-20-21-22-23-24-25-26-27-28-29-30-31-32-33(2)3/h31-32H,4-30H2,1-3H3/b32-31+. The minimum atomic E-state index is 1.25. The quantitative estimate of drug-likeness (QED) is 0.104. The Bertz CT molecular complexity index is 360. The molecule has 0 N–H and O–H groups in total. The van der Waals surface area contributed by atoms with Gasteiger partial charge in [0, 0.05) is 14.1 Å². The Morgan fingerprint density at radius 3 is 0.848 bits per heavy atom. The van der Waals surface area contributed by atoms with Gasteiger partial charge in [-0.15, -0.1) is 0 Å². The number of nitrogens with zero attached hydrogens (tertiary/aromatic N) is 1. The zero-order valence-electron chi connectivity index (χ0n) is 23.7. The van der Waals surface area contributed by atoms with Crippen LogP contribution < -0.4 is 0 Å². The van der Waals surface area contributed by atoms with Gasteiger partial charge in [0.2, 0.25) is 0 Å². The Hall–Kier alpha value is -0.460. The number of allylic oxidation sites excluding steroid dienone is 1. The topological polar surface area (TPSA) is 3.24 Å². The van der Waals surface area contributed by atoms with Crippen molar-refractivity contribution in [3.05, 3.63) is 12.3 Å². The highest BCUT2D eigenvalue weighted by Gasteiger charge is 1.96. The molecule has 0 aliphatic heterocycles. The second-order valence-electron chi connectivity index (χ2n) is 11.0. The molecule has 1 nitrogen and oxygen atoms in total. The van der Waals surface area contributed by atoms with Crippen molar-refractivity contribution in [2.45, 2.75) is 180 Å². The Balaban J connectivity index is 3.03. The summed E-state index contributed by atoms with van der Waals surface area (Å²) in [5.74, 6) is 0. The average molecular weight is 464 g/mol. The van der Waals surface area contributed by atoms with Gasteiger partial charge < -0.3 is 4.90 Å². The van der Waals surface area contributed by atoms with Crippen LogP contribution in [0.2, 0.25) is 0 Å². The summed E-state index contributed by atoms with van der Waals surface area (Å²) in [4.78, 5) is 2.13. The molecular weight excluding hydrogens is 398 g/mol. The normalized spacial score (nSPS) is 11.6. The Labute approximate surface area is 211 Å². The summed E-state index contributed by atoms with van der Waals surface area (Å²) in [5.41, 5.74) is 0. The van der Waals surface area contributed by atoms with E-state index in [2.05, 4.69) is 38.2 Å². The van der Waals surface area contributed by atoms with E-state index in [-0.39, 0.29) is 0 Å². The van der Waals surface area contributed by atoms with E-state index >= 15 is 0 Å². The number of hydrogen-bond donors (Lipinski definition) is 0. The summed E-state index contributed by atoms with van der Waals surface area (Å²) in [6.45, 7) is 2.30. The molecule has 0 radical (unpaired) electrons. The fourth-order valence-electron chi connectivity index (χ4n) is 4.86. The summed E-state index contributed by atoms with van der Waals surface area (Å²) in [5, 5.41) is 0. The molecule has 0 rings (SSSR count). The number of unbranched alkanes of at least 4 members (excludes halogenated alkanes) is 26. The van der Waals surface area contributed by atoms with Crippen LogP contribution in [0, 0.1) is 0 Å². The molecule has 0 heterocycles. The molecule has 0 spiro atoms. The van der Waals surface area contributed by atoms with Crippen molar-refractivity contribution in [2.75, 3.05) is 14.1 Å². The van der Waals surface area contributed by atoms with Crippen LogP contribution in [0.4, 0.5) is 0 Å². The van der Waals surface area contributed by atoms with Gasteiger partial charge in [0.15, 0.2) is 0 Å². The summed E-state index contributed by atoms with van der Waals surface area (Å²) >= 11 is 0. The monoisotopic (exact) mass is 464 g/mol. The van der Waals surface area contributed by atoms with Crippen molar-refractivity contribution in [1.29, 1.82) is 0 Å². The first-order chi connectivity index (χ1) is 16.3. The predicted octanol–water partition coefficient (Wildman–Crippen LogP) is 11.6. The number of hydrogen-bond acceptors (Lipinski definition) is 1. The molecule has 0 aromatic rings. The lowest BCUT2D eigenvalue weighted by Crippen LogP contribution is -1.99. The van der Waals surface area contributed by atoms with E-state index in [0.717, 1.165) is 0 Å². The lowest BCUT2D eigenvalue weighted by atomic mass is 10.0. The second-order valence-corrected chi connectivity index (χ2v) is 11.0. The number of rotatable bonds is 28.